The average molecular weight is 401 g/mol. The van der Waals surface area contributed by atoms with Crippen molar-refractivity contribution in [3.8, 4) is 0 Å². The topological polar surface area (TPSA) is 66.4 Å². The smallest absolute Gasteiger partial charge is 0.726 e. The summed E-state index contributed by atoms with van der Waals surface area (Å²) in [6, 6.07) is 0. The maximum absolute atomic E-state index is 10.7. The van der Waals surface area contributed by atoms with Gasteiger partial charge in [0.05, 0.1) is 6.61 Å². The van der Waals surface area contributed by atoms with Gasteiger partial charge in [-0.25, -0.2) is 8.42 Å². The Hall–Kier alpha value is 0.870. The fourth-order valence-corrected chi connectivity index (χ4v) is 3.63. The summed E-state index contributed by atoms with van der Waals surface area (Å²) in [5.74, 6) is 0.204. The molecule has 0 fully saturated rings. The SMILES string of the molecule is CCCCCCCCCC(CCCCCCCCC)COS(=O)(=O)[O-].[Na+]. The third-order valence-corrected chi connectivity index (χ3v) is 5.30. The minimum Gasteiger partial charge on any atom is -0.726 e. The number of rotatable bonds is 19. The second-order valence-electron chi connectivity index (χ2n) is 7.38. The van der Waals surface area contributed by atoms with Crippen LogP contribution in [0.2, 0.25) is 0 Å². The molecule has 0 heterocycles. The number of hydrogen-bond acceptors (Lipinski definition) is 4. The van der Waals surface area contributed by atoms with Gasteiger partial charge in [-0.3, -0.25) is 4.18 Å². The van der Waals surface area contributed by atoms with E-state index >= 15 is 0 Å². The second-order valence-corrected chi connectivity index (χ2v) is 8.43. The number of unbranched alkanes of at least 4 members (excludes halogenated alkanes) is 12. The van der Waals surface area contributed by atoms with Crippen molar-refractivity contribution in [3.63, 3.8) is 0 Å². The number of hydrogen-bond donors (Lipinski definition) is 0. The Bertz CT molecular complexity index is 356. The molecule has 0 aromatic rings. The van der Waals surface area contributed by atoms with Crippen LogP contribution < -0.4 is 29.6 Å². The summed E-state index contributed by atoms with van der Waals surface area (Å²) in [6.45, 7) is 4.51. The molecule has 0 aliphatic heterocycles. The van der Waals surface area contributed by atoms with Crippen molar-refractivity contribution < 1.29 is 46.7 Å². The Morgan fingerprint density at radius 1 is 0.692 bits per heavy atom. The van der Waals surface area contributed by atoms with E-state index in [1.807, 2.05) is 0 Å². The normalized spacial score (nSPS) is 11.7. The van der Waals surface area contributed by atoms with Gasteiger partial charge in [0.25, 0.3) is 0 Å². The van der Waals surface area contributed by atoms with Crippen LogP contribution in [-0.2, 0) is 14.6 Å². The monoisotopic (exact) mass is 400 g/mol. The Kier molecular flexibility index (Phi) is 23.0. The Balaban J connectivity index is 0. The van der Waals surface area contributed by atoms with E-state index in [1.54, 1.807) is 0 Å². The molecule has 0 N–H and O–H groups in total. The summed E-state index contributed by atoms with van der Waals surface area (Å²) in [7, 11) is -4.56. The van der Waals surface area contributed by atoms with Crippen molar-refractivity contribution in [1.29, 1.82) is 0 Å². The molecular weight excluding hydrogens is 359 g/mol. The fourth-order valence-electron chi connectivity index (χ4n) is 3.27. The third kappa shape index (κ3) is 22.9. The maximum Gasteiger partial charge on any atom is 1.00 e. The van der Waals surface area contributed by atoms with Gasteiger partial charge in [-0.15, -0.1) is 0 Å². The van der Waals surface area contributed by atoms with E-state index in [1.165, 1.54) is 77.0 Å². The molecule has 0 radical (unpaired) electrons. The molecule has 0 aromatic carbocycles. The standard InChI is InChI=1S/C20H42O4S.Na/c1-3-5-7-9-11-13-15-17-20(19-24-25(21,22)23)18-16-14-12-10-8-6-4-2;/h20H,3-19H2,1-2H3,(H,21,22,23);/q;+1/p-1. The minimum absolute atomic E-state index is 0. The molecule has 0 spiro atoms. The first-order chi connectivity index (χ1) is 12.0. The molecule has 0 atom stereocenters. The van der Waals surface area contributed by atoms with Gasteiger partial charge in [-0.2, -0.15) is 0 Å². The van der Waals surface area contributed by atoms with Crippen LogP contribution in [0.4, 0.5) is 0 Å². The van der Waals surface area contributed by atoms with Gasteiger partial charge < -0.3 is 4.55 Å². The Labute approximate surface area is 185 Å². The first-order valence-corrected chi connectivity index (χ1v) is 11.9. The molecule has 26 heavy (non-hydrogen) atoms. The van der Waals surface area contributed by atoms with Gasteiger partial charge in [0.2, 0.25) is 10.4 Å². The molecule has 0 saturated carbocycles. The van der Waals surface area contributed by atoms with Gasteiger partial charge in [0.15, 0.2) is 0 Å². The van der Waals surface area contributed by atoms with E-state index in [4.69, 9.17) is 0 Å². The molecule has 0 amide bonds. The zero-order chi connectivity index (χ0) is 18.8. The van der Waals surface area contributed by atoms with Gasteiger partial charge in [-0.05, 0) is 18.8 Å². The predicted octanol–water partition coefficient (Wildman–Crippen LogP) is 3.36. The zero-order valence-corrected chi connectivity index (χ0v) is 20.5. The molecule has 0 aliphatic carbocycles. The summed E-state index contributed by atoms with van der Waals surface area (Å²) in [4.78, 5) is 0. The molecule has 0 aromatic heterocycles. The summed E-state index contributed by atoms with van der Waals surface area (Å²) >= 11 is 0. The third-order valence-electron chi connectivity index (χ3n) is 4.88. The average Bonchev–Trinajstić information content (AvgIpc) is 2.56. The Morgan fingerprint density at radius 3 is 1.38 bits per heavy atom. The first kappa shape index (κ1) is 29.1. The van der Waals surface area contributed by atoms with Crippen molar-refractivity contribution in [2.45, 2.75) is 117 Å². The predicted molar refractivity (Wildman–Crippen MR) is 104 cm³/mol. The van der Waals surface area contributed by atoms with E-state index < -0.39 is 10.4 Å². The molecule has 0 unspecified atom stereocenters. The van der Waals surface area contributed by atoms with E-state index in [9.17, 15) is 13.0 Å². The van der Waals surface area contributed by atoms with Crippen LogP contribution in [0, 0.1) is 5.92 Å². The minimum atomic E-state index is -4.56. The van der Waals surface area contributed by atoms with Gasteiger partial charge >= 0.3 is 29.6 Å². The first-order valence-electron chi connectivity index (χ1n) is 10.6. The van der Waals surface area contributed by atoms with E-state index in [2.05, 4.69) is 18.0 Å². The van der Waals surface area contributed by atoms with Crippen molar-refractivity contribution >= 4 is 10.4 Å². The molecular formula is C20H41NaO4S. The van der Waals surface area contributed by atoms with Crippen molar-refractivity contribution in [1.82, 2.24) is 0 Å². The van der Waals surface area contributed by atoms with Crippen LogP contribution in [0.5, 0.6) is 0 Å². The van der Waals surface area contributed by atoms with E-state index in [0.29, 0.717) is 0 Å². The van der Waals surface area contributed by atoms with Crippen LogP contribution in [-0.4, -0.2) is 19.6 Å². The molecule has 0 saturated heterocycles. The van der Waals surface area contributed by atoms with Crippen molar-refractivity contribution in [3.05, 3.63) is 0 Å². The summed E-state index contributed by atoms with van der Waals surface area (Å²) in [5, 5.41) is 0. The largest absolute Gasteiger partial charge is 1.00 e. The second kappa shape index (κ2) is 20.6. The van der Waals surface area contributed by atoms with Gasteiger partial charge in [0, 0.05) is 0 Å². The molecule has 0 aliphatic rings. The van der Waals surface area contributed by atoms with Crippen LogP contribution in [0.15, 0.2) is 0 Å². The molecule has 0 rings (SSSR count). The fraction of sp³-hybridized carbons (Fsp3) is 1.00. The van der Waals surface area contributed by atoms with Crippen molar-refractivity contribution in [2.24, 2.45) is 5.92 Å². The van der Waals surface area contributed by atoms with Crippen LogP contribution in [0.25, 0.3) is 0 Å². The zero-order valence-electron chi connectivity index (χ0n) is 17.6. The van der Waals surface area contributed by atoms with Gasteiger partial charge in [0.1, 0.15) is 0 Å². The molecule has 6 heteroatoms. The summed E-state index contributed by atoms with van der Waals surface area (Å²) in [6.07, 6.45) is 19.4. The molecule has 0 bridgehead atoms. The Morgan fingerprint density at radius 2 is 1.04 bits per heavy atom. The quantitative estimate of drug-likeness (QED) is 0.144. The summed E-state index contributed by atoms with van der Waals surface area (Å²) < 4.78 is 36.7. The van der Waals surface area contributed by atoms with E-state index in [-0.39, 0.29) is 42.1 Å². The van der Waals surface area contributed by atoms with Crippen LogP contribution in [0.3, 0.4) is 0 Å². The van der Waals surface area contributed by atoms with Crippen LogP contribution in [0.1, 0.15) is 117 Å². The maximum atomic E-state index is 10.7. The summed E-state index contributed by atoms with van der Waals surface area (Å²) in [5.41, 5.74) is 0. The molecule has 152 valence electrons. The van der Waals surface area contributed by atoms with Crippen LogP contribution >= 0.6 is 0 Å². The van der Waals surface area contributed by atoms with E-state index in [0.717, 1.165) is 25.7 Å². The van der Waals surface area contributed by atoms with Crippen molar-refractivity contribution in [2.75, 3.05) is 6.61 Å². The van der Waals surface area contributed by atoms with Gasteiger partial charge in [-0.1, -0.05) is 104 Å². The molecule has 4 nitrogen and oxygen atoms in total.